The zero-order chi connectivity index (χ0) is 23.9. The van der Waals surface area contributed by atoms with E-state index in [0.29, 0.717) is 37.2 Å². The Bertz CT molecular complexity index is 1160. The van der Waals surface area contributed by atoms with Crippen LogP contribution < -0.4 is 0 Å². The molecule has 0 aliphatic carbocycles. The van der Waals surface area contributed by atoms with E-state index in [4.69, 9.17) is 4.74 Å². The quantitative estimate of drug-likeness (QED) is 0.563. The minimum atomic E-state index is -0.326. The van der Waals surface area contributed by atoms with Gasteiger partial charge in [0, 0.05) is 38.3 Å². The van der Waals surface area contributed by atoms with Gasteiger partial charge in [0.15, 0.2) is 0 Å². The number of carbonyl (C=O) groups is 2. The normalized spacial score (nSPS) is 14.4. The van der Waals surface area contributed by atoms with Gasteiger partial charge in [-0.2, -0.15) is 0 Å². The van der Waals surface area contributed by atoms with Gasteiger partial charge in [0.05, 0.1) is 12.7 Å². The standard InChI is InChI=1S/C28H30N2O4/c1-34-28(33)26-12-3-2-9-24(26)20-29-13-6-14-30(16-15-29)27(32)23-10-4-7-21(18-23)17-22-8-5-11-25(31)19-22/h2-5,7-12,18-19,31H,6,13-17,20H2,1H3. The monoisotopic (exact) mass is 458 g/mol. The average Bonchev–Trinajstić information content (AvgIpc) is 3.09. The number of methoxy groups -OCH3 is 1. The molecule has 34 heavy (non-hydrogen) atoms. The lowest BCUT2D eigenvalue weighted by molar-refractivity contribution is 0.0598. The van der Waals surface area contributed by atoms with E-state index in [2.05, 4.69) is 4.90 Å². The number of nitrogens with zero attached hydrogens (tertiary/aromatic N) is 2. The third kappa shape index (κ3) is 5.83. The predicted molar refractivity (Wildman–Crippen MR) is 131 cm³/mol. The van der Waals surface area contributed by atoms with Gasteiger partial charge in [-0.15, -0.1) is 0 Å². The highest BCUT2D eigenvalue weighted by molar-refractivity contribution is 5.94. The molecule has 0 radical (unpaired) electrons. The predicted octanol–water partition coefficient (Wildman–Crippen LogP) is 4.12. The van der Waals surface area contributed by atoms with Crippen LogP contribution in [0.1, 0.15) is 43.8 Å². The van der Waals surface area contributed by atoms with Gasteiger partial charge >= 0.3 is 5.97 Å². The van der Waals surface area contributed by atoms with Crippen molar-refractivity contribution in [3.63, 3.8) is 0 Å². The largest absolute Gasteiger partial charge is 0.508 e. The summed E-state index contributed by atoms with van der Waals surface area (Å²) in [5.41, 5.74) is 4.25. The zero-order valence-electron chi connectivity index (χ0n) is 19.4. The number of phenolic OH excluding ortho intramolecular Hbond substituents is 1. The van der Waals surface area contributed by atoms with Crippen molar-refractivity contribution >= 4 is 11.9 Å². The highest BCUT2D eigenvalue weighted by atomic mass is 16.5. The molecule has 0 unspecified atom stereocenters. The van der Waals surface area contributed by atoms with Gasteiger partial charge < -0.3 is 14.7 Å². The number of hydrogen-bond acceptors (Lipinski definition) is 5. The van der Waals surface area contributed by atoms with E-state index in [9.17, 15) is 14.7 Å². The molecule has 3 aromatic carbocycles. The van der Waals surface area contributed by atoms with E-state index in [1.54, 1.807) is 18.2 Å². The van der Waals surface area contributed by atoms with Gasteiger partial charge in [-0.05, 0) is 59.9 Å². The summed E-state index contributed by atoms with van der Waals surface area (Å²) in [4.78, 5) is 29.6. The number of aromatic hydroxyl groups is 1. The topological polar surface area (TPSA) is 70.1 Å². The lowest BCUT2D eigenvalue weighted by atomic mass is 10.0. The molecule has 6 heteroatoms. The Morgan fingerprint density at radius 3 is 2.44 bits per heavy atom. The fraction of sp³-hybridized carbons (Fsp3) is 0.286. The van der Waals surface area contributed by atoms with Crippen LogP contribution in [0.2, 0.25) is 0 Å². The van der Waals surface area contributed by atoms with Crippen LogP contribution in [0.15, 0.2) is 72.8 Å². The first-order chi connectivity index (χ1) is 16.5. The number of ether oxygens (including phenoxy) is 1. The summed E-state index contributed by atoms with van der Waals surface area (Å²) in [6.07, 6.45) is 1.53. The van der Waals surface area contributed by atoms with Crippen LogP contribution in [0.5, 0.6) is 5.75 Å². The van der Waals surface area contributed by atoms with Crippen molar-refractivity contribution in [1.29, 1.82) is 0 Å². The minimum Gasteiger partial charge on any atom is -0.508 e. The summed E-state index contributed by atoms with van der Waals surface area (Å²) in [7, 11) is 1.40. The smallest absolute Gasteiger partial charge is 0.338 e. The number of esters is 1. The molecule has 1 fully saturated rings. The van der Waals surface area contributed by atoms with E-state index in [0.717, 1.165) is 36.2 Å². The Morgan fingerprint density at radius 2 is 1.65 bits per heavy atom. The minimum absolute atomic E-state index is 0.0366. The van der Waals surface area contributed by atoms with Gasteiger partial charge in [-0.25, -0.2) is 4.79 Å². The first-order valence-corrected chi connectivity index (χ1v) is 11.6. The SMILES string of the molecule is COC(=O)c1ccccc1CN1CCCN(C(=O)c2cccc(Cc3cccc(O)c3)c2)CC1. The van der Waals surface area contributed by atoms with Crippen LogP contribution in [0, 0.1) is 0 Å². The van der Waals surface area contributed by atoms with Crippen LogP contribution in [-0.2, 0) is 17.7 Å². The Labute approximate surface area is 200 Å². The maximum absolute atomic E-state index is 13.3. The molecule has 3 aromatic rings. The van der Waals surface area contributed by atoms with Gasteiger partial charge in [0.1, 0.15) is 5.75 Å². The molecule has 1 aliphatic rings. The van der Waals surface area contributed by atoms with Crippen molar-refractivity contribution in [2.24, 2.45) is 0 Å². The fourth-order valence-corrected chi connectivity index (χ4v) is 4.44. The molecular formula is C28H30N2O4. The number of rotatable bonds is 6. The summed E-state index contributed by atoms with van der Waals surface area (Å²) in [6.45, 7) is 3.58. The number of carbonyl (C=O) groups excluding carboxylic acids is 2. The summed E-state index contributed by atoms with van der Waals surface area (Å²) >= 11 is 0. The molecule has 0 aromatic heterocycles. The maximum Gasteiger partial charge on any atom is 0.338 e. The Morgan fingerprint density at radius 1 is 0.882 bits per heavy atom. The maximum atomic E-state index is 13.3. The third-order valence-corrected chi connectivity index (χ3v) is 6.19. The Kier molecular flexibility index (Phi) is 7.60. The van der Waals surface area contributed by atoms with Gasteiger partial charge in [-0.1, -0.05) is 42.5 Å². The second kappa shape index (κ2) is 11.0. The van der Waals surface area contributed by atoms with Crippen LogP contribution in [0.3, 0.4) is 0 Å². The summed E-state index contributed by atoms with van der Waals surface area (Å²) in [5, 5.41) is 9.71. The average molecular weight is 459 g/mol. The second-order valence-electron chi connectivity index (χ2n) is 8.62. The molecule has 0 saturated carbocycles. The molecule has 176 valence electrons. The number of hydrogen-bond donors (Lipinski definition) is 1. The number of phenols is 1. The van der Waals surface area contributed by atoms with Crippen molar-refractivity contribution in [1.82, 2.24) is 9.80 Å². The molecule has 1 saturated heterocycles. The molecule has 1 amide bonds. The molecule has 1 heterocycles. The first-order valence-electron chi connectivity index (χ1n) is 11.6. The van der Waals surface area contributed by atoms with E-state index in [1.165, 1.54) is 7.11 Å². The highest BCUT2D eigenvalue weighted by Crippen LogP contribution is 2.19. The first kappa shape index (κ1) is 23.5. The number of amides is 1. The molecule has 1 N–H and O–H groups in total. The van der Waals surface area contributed by atoms with Crippen molar-refractivity contribution in [2.45, 2.75) is 19.4 Å². The molecule has 0 atom stereocenters. The van der Waals surface area contributed by atoms with Crippen LogP contribution in [0.25, 0.3) is 0 Å². The van der Waals surface area contributed by atoms with E-state index in [-0.39, 0.29) is 17.6 Å². The molecule has 0 bridgehead atoms. The molecule has 1 aliphatic heterocycles. The van der Waals surface area contributed by atoms with Gasteiger partial charge in [0.2, 0.25) is 0 Å². The molecule has 4 rings (SSSR count). The highest BCUT2D eigenvalue weighted by Gasteiger charge is 2.22. The molecule has 0 spiro atoms. The third-order valence-electron chi connectivity index (χ3n) is 6.19. The van der Waals surface area contributed by atoms with Crippen molar-refractivity contribution in [3.05, 3.63) is 101 Å². The Hall–Kier alpha value is -3.64. The lowest BCUT2D eigenvalue weighted by Gasteiger charge is -2.23. The summed E-state index contributed by atoms with van der Waals surface area (Å²) in [6, 6.07) is 22.4. The van der Waals surface area contributed by atoms with Crippen LogP contribution >= 0.6 is 0 Å². The summed E-state index contributed by atoms with van der Waals surface area (Å²) in [5.74, 6) is -0.0459. The van der Waals surface area contributed by atoms with Gasteiger partial charge in [0.25, 0.3) is 5.91 Å². The van der Waals surface area contributed by atoms with E-state index < -0.39 is 0 Å². The summed E-state index contributed by atoms with van der Waals surface area (Å²) < 4.78 is 4.92. The van der Waals surface area contributed by atoms with Gasteiger partial charge in [-0.3, -0.25) is 9.69 Å². The fourth-order valence-electron chi connectivity index (χ4n) is 4.44. The van der Waals surface area contributed by atoms with Crippen molar-refractivity contribution in [3.8, 4) is 5.75 Å². The van der Waals surface area contributed by atoms with Crippen LogP contribution in [0.4, 0.5) is 0 Å². The van der Waals surface area contributed by atoms with Crippen molar-refractivity contribution < 1.29 is 19.4 Å². The van der Waals surface area contributed by atoms with Crippen molar-refractivity contribution in [2.75, 3.05) is 33.3 Å². The molecular weight excluding hydrogens is 428 g/mol. The lowest BCUT2D eigenvalue weighted by Crippen LogP contribution is -2.35. The van der Waals surface area contributed by atoms with E-state index >= 15 is 0 Å². The molecule has 6 nitrogen and oxygen atoms in total. The van der Waals surface area contributed by atoms with Crippen LogP contribution in [-0.4, -0.2) is 60.1 Å². The van der Waals surface area contributed by atoms with E-state index in [1.807, 2.05) is 59.5 Å². The zero-order valence-corrected chi connectivity index (χ0v) is 19.4. The Balaban J connectivity index is 1.40. The number of benzene rings is 3. The second-order valence-corrected chi connectivity index (χ2v) is 8.62.